The van der Waals surface area contributed by atoms with Crippen molar-refractivity contribution < 1.29 is 5.11 Å². The molecule has 0 saturated carbocycles. The summed E-state index contributed by atoms with van der Waals surface area (Å²) in [6.07, 6.45) is 0. The molecule has 1 heterocycles. The van der Waals surface area contributed by atoms with Crippen LogP contribution in [0, 0.1) is 0 Å². The van der Waals surface area contributed by atoms with Gasteiger partial charge in [0.05, 0.1) is 6.54 Å². The van der Waals surface area contributed by atoms with E-state index in [-0.39, 0.29) is 0 Å². The first-order valence-corrected chi connectivity index (χ1v) is 4.53. The van der Waals surface area contributed by atoms with Gasteiger partial charge in [-0.15, -0.1) is 0 Å². The van der Waals surface area contributed by atoms with Crippen molar-refractivity contribution in [3.05, 3.63) is 29.8 Å². The number of hydrogen-bond acceptors (Lipinski definition) is 2. The largest absolute Gasteiger partial charge is 0.381 e. The van der Waals surface area contributed by atoms with E-state index < -0.39 is 3.61 Å². The van der Waals surface area contributed by atoms with Crippen LogP contribution in [0.1, 0.15) is 5.56 Å². The van der Waals surface area contributed by atoms with E-state index in [1.54, 1.807) is 0 Å². The van der Waals surface area contributed by atoms with E-state index in [9.17, 15) is 5.11 Å². The Morgan fingerprint density at radius 3 is 2.91 bits per heavy atom. The summed E-state index contributed by atoms with van der Waals surface area (Å²) in [4.78, 5) is 0. The molecule has 0 spiro atoms. The molecule has 1 atom stereocenters. The van der Waals surface area contributed by atoms with Crippen LogP contribution in [0.5, 0.6) is 0 Å². The van der Waals surface area contributed by atoms with Gasteiger partial charge in [0, 0.05) is 11.3 Å². The Bertz CT molecular complexity index is 285. The minimum Gasteiger partial charge on any atom is -0.381 e. The van der Waals surface area contributed by atoms with E-state index in [0.717, 1.165) is 11.3 Å². The Morgan fingerprint density at radius 1 is 1.45 bits per heavy atom. The van der Waals surface area contributed by atoms with Crippen molar-refractivity contribution in [1.82, 2.24) is 0 Å². The van der Waals surface area contributed by atoms with Crippen LogP contribution in [0.4, 0.5) is 5.69 Å². The molecule has 2 rings (SSSR count). The zero-order valence-corrected chi connectivity index (χ0v) is 8.00. The molecule has 1 unspecified atom stereocenters. The summed E-state index contributed by atoms with van der Waals surface area (Å²) < 4.78 is -0.714. The smallest absolute Gasteiger partial charge is 0.160 e. The fraction of sp³-hybridized carbons (Fsp3) is 0.250. The van der Waals surface area contributed by atoms with Crippen molar-refractivity contribution in [2.75, 3.05) is 11.9 Å². The molecule has 1 aliphatic rings. The Labute approximate surface area is 78.8 Å². The van der Waals surface area contributed by atoms with Gasteiger partial charge in [-0.05, 0) is 28.7 Å². The standard InChI is InChI=1S/C8H8INO/c9-8(11)5-10-7-4-2-1-3-6(7)8/h1-4,10-11H,5H2. The number of fused-ring (bicyclic) bond motifs is 1. The van der Waals surface area contributed by atoms with E-state index in [1.807, 2.05) is 24.3 Å². The number of benzene rings is 1. The topological polar surface area (TPSA) is 32.3 Å². The van der Waals surface area contributed by atoms with Gasteiger partial charge in [-0.3, -0.25) is 0 Å². The second kappa shape index (κ2) is 2.35. The van der Waals surface area contributed by atoms with E-state index >= 15 is 0 Å². The number of nitrogens with one attached hydrogen (secondary N) is 1. The Kier molecular flexibility index (Phi) is 1.57. The van der Waals surface area contributed by atoms with Crippen LogP contribution in [-0.4, -0.2) is 11.7 Å². The highest BCUT2D eigenvalue weighted by Crippen LogP contribution is 2.39. The molecule has 58 valence electrons. The first-order valence-electron chi connectivity index (χ1n) is 3.45. The SMILES string of the molecule is OC1(I)CNc2ccccc21. The Hall–Kier alpha value is -0.290. The highest BCUT2D eigenvalue weighted by atomic mass is 127. The molecule has 0 radical (unpaired) electrons. The molecule has 0 saturated heterocycles. The van der Waals surface area contributed by atoms with Crippen LogP contribution >= 0.6 is 22.6 Å². The summed E-state index contributed by atoms with van der Waals surface area (Å²) in [5.74, 6) is 0. The summed E-state index contributed by atoms with van der Waals surface area (Å²) in [5, 5.41) is 12.9. The summed E-state index contributed by atoms with van der Waals surface area (Å²) in [6, 6.07) is 7.83. The third-order valence-corrected chi connectivity index (χ3v) is 2.82. The van der Waals surface area contributed by atoms with Gasteiger partial charge < -0.3 is 10.4 Å². The fourth-order valence-electron chi connectivity index (χ4n) is 1.28. The van der Waals surface area contributed by atoms with Crippen LogP contribution < -0.4 is 5.32 Å². The van der Waals surface area contributed by atoms with Crippen LogP contribution in [0.25, 0.3) is 0 Å². The number of alkyl halides is 1. The third-order valence-electron chi connectivity index (χ3n) is 1.85. The lowest BCUT2D eigenvalue weighted by molar-refractivity contribution is 0.179. The summed E-state index contributed by atoms with van der Waals surface area (Å²) in [6.45, 7) is 0.604. The average molecular weight is 261 g/mol. The van der Waals surface area contributed by atoms with Gasteiger partial charge in [-0.2, -0.15) is 0 Å². The highest BCUT2D eigenvalue weighted by molar-refractivity contribution is 14.1. The quantitative estimate of drug-likeness (QED) is 0.550. The lowest BCUT2D eigenvalue weighted by atomic mass is 10.1. The highest BCUT2D eigenvalue weighted by Gasteiger charge is 2.32. The van der Waals surface area contributed by atoms with Gasteiger partial charge in [0.2, 0.25) is 0 Å². The molecule has 0 amide bonds. The summed E-state index contributed by atoms with van der Waals surface area (Å²) in [5.41, 5.74) is 2.03. The van der Waals surface area contributed by atoms with Crippen molar-refractivity contribution in [2.45, 2.75) is 3.61 Å². The lowest BCUT2D eigenvalue weighted by Crippen LogP contribution is -2.18. The molecular formula is C8H8INO. The van der Waals surface area contributed by atoms with Crippen molar-refractivity contribution in [2.24, 2.45) is 0 Å². The molecule has 0 fully saturated rings. The molecule has 0 aliphatic carbocycles. The number of hydrogen-bond donors (Lipinski definition) is 2. The summed E-state index contributed by atoms with van der Waals surface area (Å²) >= 11 is 2.05. The van der Waals surface area contributed by atoms with Crippen LogP contribution in [0.2, 0.25) is 0 Å². The second-order valence-electron chi connectivity index (χ2n) is 2.66. The Balaban J connectivity index is 2.56. The lowest BCUT2D eigenvalue weighted by Gasteiger charge is -2.12. The van der Waals surface area contributed by atoms with Crippen LogP contribution in [0.3, 0.4) is 0 Å². The van der Waals surface area contributed by atoms with Crippen molar-refractivity contribution in [1.29, 1.82) is 0 Å². The van der Waals surface area contributed by atoms with E-state index in [2.05, 4.69) is 27.9 Å². The molecule has 2 nitrogen and oxygen atoms in total. The predicted molar refractivity (Wildman–Crippen MR) is 52.8 cm³/mol. The fourth-order valence-corrected chi connectivity index (χ4v) is 1.94. The van der Waals surface area contributed by atoms with E-state index in [1.165, 1.54) is 0 Å². The maximum Gasteiger partial charge on any atom is 0.160 e. The number of aliphatic hydroxyl groups is 1. The third kappa shape index (κ3) is 1.12. The Morgan fingerprint density at radius 2 is 2.18 bits per heavy atom. The van der Waals surface area contributed by atoms with E-state index in [4.69, 9.17) is 0 Å². The van der Waals surface area contributed by atoms with Crippen molar-refractivity contribution in [3.8, 4) is 0 Å². The zero-order chi connectivity index (χ0) is 7.90. The maximum atomic E-state index is 9.77. The molecule has 3 heteroatoms. The number of halogens is 1. The zero-order valence-electron chi connectivity index (χ0n) is 5.84. The molecular weight excluding hydrogens is 253 g/mol. The number of rotatable bonds is 0. The minimum atomic E-state index is -0.714. The number of anilines is 1. The molecule has 1 aromatic carbocycles. The van der Waals surface area contributed by atoms with Gasteiger partial charge in [0.25, 0.3) is 0 Å². The monoisotopic (exact) mass is 261 g/mol. The number of para-hydroxylation sites is 1. The predicted octanol–water partition coefficient (Wildman–Crippen LogP) is 1.69. The van der Waals surface area contributed by atoms with Crippen molar-refractivity contribution in [3.63, 3.8) is 0 Å². The van der Waals surface area contributed by atoms with Crippen molar-refractivity contribution >= 4 is 28.3 Å². The van der Waals surface area contributed by atoms with Gasteiger partial charge in [0.1, 0.15) is 0 Å². The van der Waals surface area contributed by atoms with Gasteiger partial charge in [0.15, 0.2) is 3.61 Å². The number of β-amino-alcohol motifs (C(OH)–C–C–N with tert-alkyl or cyclic N) is 1. The van der Waals surface area contributed by atoms with E-state index in [0.29, 0.717) is 6.54 Å². The normalized spacial score (nSPS) is 27.8. The maximum absolute atomic E-state index is 9.77. The molecule has 1 aliphatic heterocycles. The van der Waals surface area contributed by atoms with Crippen LogP contribution in [-0.2, 0) is 3.61 Å². The molecule has 0 bridgehead atoms. The summed E-state index contributed by atoms with van der Waals surface area (Å²) in [7, 11) is 0. The molecule has 2 N–H and O–H groups in total. The van der Waals surface area contributed by atoms with Gasteiger partial charge in [-0.1, -0.05) is 18.2 Å². The minimum absolute atomic E-state index is 0.604. The second-order valence-corrected chi connectivity index (χ2v) is 4.44. The molecule has 0 aromatic heterocycles. The average Bonchev–Trinajstić information content (AvgIpc) is 2.29. The molecule has 11 heavy (non-hydrogen) atoms. The van der Waals surface area contributed by atoms with Crippen LogP contribution in [0.15, 0.2) is 24.3 Å². The van der Waals surface area contributed by atoms with Gasteiger partial charge in [-0.25, -0.2) is 0 Å². The first-order chi connectivity index (χ1) is 5.20. The molecule has 1 aromatic rings. The first kappa shape index (κ1) is 7.36. The van der Waals surface area contributed by atoms with Gasteiger partial charge >= 0.3 is 0 Å².